The zero-order valence-electron chi connectivity index (χ0n) is 7.84. The molecule has 0 aliphatic carbocycles. The summed E-state index contributed by atoms with van der Waals surface area (Å²) in [6.45, 7) is 5.13. The van der Waals surface area contributed by atoms with Crippen molar-refractivity contribution in [2.24, 2.45) is 0 Å². The largest absolute Gasteiger partial charge is 0.380 e. The lowest BCUT2D eigenvalue weighted by molar-refractivity contribution is 0.228. The van der Waals surface area contributed by atoms with Gasteiger partial charge in [-0.2, -0.15) is 0 Å². The van der Waals surface area contributed by atoms with E-state index in [0.717, 1.165) is 12.1 Å². The fraction of sp³-hybridized carbons (Fsp3) is 0.400. The van der Waals surface area contributed by atoms with E-state index in [1.807, 2.05) is 25.3 Å². The molecule has 0 amide bonds. The van der Waals surface area contributed by atoms with E-state index in [4.69, 9.17) is 4.74 Å². The molecule has 68 valence electrons. The van der Waals surface area contributed by atoms with Gasteiger partial charge in [0, 0.05) is 13.7 Å². The van der Waals surface area contributed by atoms with Gasteiger partial charge in [0.25, 0.3) is 0 Å². The Morgan fingerprint density at radius 3 is 2.83 bits per heavy atom. The summed E-state index contributed by atoms with van der Waals surface area (Å²) in [6, 6.07) is 0. The third-order valence-corrected chi connectivity index (χ3v) is 1.30. The molecule has 12 heavy (non-hydrogen) atoms. The zero-order valence-corrected chi connectivity index (χ0v) is 7.84. The van der Waals surface area contributed by atoms with Gasteiger partial charge in [0.05, 0.1) is 6.61 Å². The molecule has 2 nitrogen and oxygen atoms in total. The maximum absolute atomic E-state index is 5.00. The number of methoxy groups -OCH3 is 1. The van der Waals surface area contributed by atoms with E-state index in [1.165, 1.54) is 0 Å². The van der Waals surface area contributed by atoms with Gasteiger partial charge in [-0.3, -0.25) is 0 Å². The van der Waals surface area contributed by atoms with Crippen LogP contribution >= 0.6 is 0 Å². The first-order chi connectivity index (χ1) is 5.85. The fourth-order valence-electron chi connectivity index (χ4n) is 0.798. The van der Waals surface area contributed by atoms with Crippen LogP contribution in [0.25, 0.3) is 0 Å². The summed E-state index contributed by atoms with van der Waals surface area (Å²) < 4.78 is 5.00. The standard InChI is InChI=1S/C10H17NO/c1-4-6-10(9-12-3)7-5-8-11-2/h4-7,11H,1,8-9H2,2-3H3/b7-5-,10-6+. The summed E-state index contributed by atoms with van der Waals surface area (Å²) in [6.07, 6.45) is 7.78. The van der Waals surface area contributed by atoms with Crippen LogP contribution in [0.15, 0.2) is 36.5 Å². The first kappa shape index (κ1) is 11.1. The topological polar surface area (TPSA) is 21.3 Å². The van der Waals surface area contributed by atoms with Gasteiger partial charge in [0.1, 0.15) is 0 Å². The van der Waals surface area contributed by atoms with Crippen molar-refractivity contribution in [3.8, 4) is 0 Å². The van der Waals surface area contributed by atoms with Crippen LogP contribution in [0.3, 0.4) is 0 Å². The normalized spacial score (nSPS) is 12.3. The van der Waals surface area contributed by atoms with Crippen LogP contribution in [0.4, 0.5) is 0 Å². The molecule has 0 unspecified atom stereocenters. The summed E-state index contributed by atoms with van der Waals surface area (Å²) in [5.41, 5.74) is 1.13. The Balaban J connectivity index is 3.94. The maximum Gasteiger partial charge on any atom is 0.0712 e. The van der Waals surface area contributed by atoms with Crippen LogP contribution in [0.2, 0.25) is 0 Å². The lowest BCUT2D eigenvalue weighted by Crippen LogP contribution is -2.04. The highest BCUT2D eigenvalue weighted by Gasteiger charge is 1.87. The number of hydrogen-bond acceptors (Lipinski definition) is 2. The molecule has 0 aromatic carbocycles. The monoisotopic (exact) mass is 167 g/mol. The summed E-state index contributed by atoms with van der Waals surface area (Å²) in [5.74, 6) is 0. The molecular weight excluding hydrogens is 150 g/mol. The highest BCUT2D eigenvalue weighted by molar-refractivity contribution is 5.23. The molecule has 0 aromatic rings. The van der Waals surface area contributed by atoms with Gasteiger partial charge >= 0.3 is 0 Å². The summed E-state index contributed by atoms with van der Waals surface area (Å²) >= 11 is 0. The van der Waals surface area contributed by atoms with E-state index >= 15 is 0 Å². The Kier molecular flexibility index (Phi) is 7.65. The van der Waals surface area contributed by atoms with E-state index in [2.05, 4.69) is 11.9 Å². The molecule has 0 rings (SSSR count). The van der Waals surface area contributed by atoms with Gasteiger partial charge < -0.3 is 10.1 Å². The molecule has 0 aliphatic heterocycles. The third kappa shape index (κ3) is 5.89. The molecule has 0 saturated heterocycles. The SMILES string of the molecule is C=C/C=C(\C=C/CNC)COC. The Hall–Kier alpha value is -0.860. The van der Waals surface area contributed by atoms with E-state index in [-0.39, 0.29) is 0 Å². The second-order valence-electron chi connectivity index (χ2n) is 2.37. The van der Waals surface area contributed by atoms with E-state index in [1.54, 1.807) is 13.2 Å². The highest BCUT2D eigenvalue weighted by atomic mass is 16.5. The van der Waals surface area contributed by atoms with Crippen molar-refractivity contribution in [1.29, 1.82) is 0 Å². The van der Waals surface area contributed by atoms with Crippen molar-refractivity contribution in [2.45, 2.75) is 0 Å². The van der Waals surface area contributed by atoms with Crippen LogP contribution in [0.5, 0.6) is 0 Å². The molecule has 0 fully saturated rings. The first-order valence-corrected chi connectivity index (χ1v) is 3.96. The molecule has 2 heteroatoms. The van der Waals surface area contributed by atoms with Crippen molar-refractivity contribution in [3.63, 3.8) is 0 Å². The third-order valence-electron chi connectivity index (χ3n) is 1.30. The molecule has 0 aliphatic rings. The number of nitrogens with one attached hydrogen (secondary N) is 1. The molecular formula is C10H17NO. The predicted octanol–water partition coefficient (Wildman–Crippen LogP) is 1.52. The van der Waals surface area contributed by atoms with Crippen molar-refractivity contribution < 1.29 is 4.74 Å². The van der Waals surface area contributed by atoms with Gasteiger partial charge in [-0.15, -0.1) is 0 Å². The second-order valence-corrected chi connectivity index (χ2v) is 2.37. The Morgan fingerprint density at radius 2 is 2.33 bits per heavy atom. The van der Waals surface area contributed by atoms with Crippen molar-refractivity contribution in [2.75, 3.05) is 27.3 Å². The summed E-state index contributed by atoms with van der Waals surface area (Å²) in [7, 11) is 3.60. The van der Waals surface area contributed by atoms with Crippen molar-refractivity contribution in [3.05, 3.63) is 36.5 Å². The van der Waals surface area contributed by atoms with Crippen LogP contribution in [-0.2, 0) is 4.74 Å². The summed E-state index contributed by atoms with van der Waals surface area (Å²) in [4.78, 5) is 0. The Labute approximate surface area is 74.6 Å². The number of likely N-dealkylation sites (N-methyl/N-ethyl adjacent to an activating group) is 1. The lowest BCUT2D eigenvalue weighted by atomic mass is 10.2. The molecule has 0 radical (unpaired) electrons. The van der Waals surface area contributed by atoms with Gasteiger partial charge in [-0.25, -0.2) is 0 Å². The fourth-order valence-corrected chi connectivity index (χ4v) is 0.798. The molecule has 0 saturated carbocycles. The van der Waals surface area contributed by atoms with E-state index in [0.29, 0.717) is 6.61 Å². The molecule has 0 spiro atoms. The Morgan fingerprint density at radius 1 is 1.58 bits per heavy atom. The number of allylic oxidation sites excluding steroid dienone is 2. The quantitative estimate of drug-likeness (QED) is 0.606. The molecule has 0 heterocycles. The minimum atomic E-state index is 0.631. The van der Waals surface area contributed by atoms with Crippen molar-refractivity contribution >= 4 is 0 Å². The molecule has 1 N–H and O–H groups in total. The molecule has 0 aromatic heterocycles. The van der Waals surface area contributed by atoms with E-state index in [9.17, 15) is 0 Å². The average Bonchev–Trinajstić information content (AvgIpc) is 2.06. The highest BCUT2D eigenvalue weighted by Crippen LogP contribution is 1.97. The zero-order chi connectivity index (χ0) is 9.23. The molecule has 0 atom stereocenters. The van der Waals surface area contributed by atoms with Crippen molar-refractivity contribution in [1.82, 2.24) is 5.32 Å². The second kappa shape index (κ2) is 8.24. The van der Waals surface area contributed by atoms with Gasteiger partial charge in [0.15, 0.2) is 0 Å². The number of hydrogen-bond donors (Lipinski definition) is 1. The van der Waals surface area contributed by atoms with Gasteiger partial charge in [0.2, 0.25) is 0 Å². The number of rotatable bonds is 6. The first-order valence-electron chi connectivity index (χ1n) is 3.96. The predicted molar refractivity (Wildman–Crippen MR) is 53.2 cm³/mol. The van der Waals surface area contributed by atoms with Gasteiger partial charge in [-0.1, -0.05) is 30.9 Å². The minimum Gasteiger partial charge on any atom is -0.380 e. The summed E-state index contributed by atoms with van der Waals surface area (Å²) in [5, 5.41) is 3.03. The smallest absolute Gasteiger partial charge is 0.0712 e. The average molecular weight is 167 g/mol. The maximum atomic E-state index is 5.00. The Bertz CT molecular complexity index is 171. The lowest BCUT2D eigenvalue weighted by Gasteiger charge is -1.98. The minimum absolute atomic E-state index is 0.631. The van der Waals surface area contributed by atoms with Crippen LogP contribution < -0.4 is 5.32 Å². The number of ether oxygens (including phenoxy) is 1. The van der Waals surface area contributed by atoms with Crippen LogP contribution in [-0.4, -0.2) is 27.3 Å². The van der Waals surface area contributed by atoms with Crippen LogP contribution in [0.1, 0.15) is 0 Å². The molecule has 0 bridgehead atoms. The van der Waals surface area contributed by atoms with E-state index < -0.39 is 0 Å². The van der Waals surface area contributed by atoms with Gasteiger partial charge in [-0.05, 0) is 12.6 Å². The van der Waals surface area contributed by atoms with Crippen LogP contribution in [0, 0.1) is 0 Å².